The molecular formula is C36H13F4N7. The Labute approximate surface area is 265 Å². The number of hydrogen-bond acceptors (Lipinski definition) is 4. The second-order valence-corrected chi connectivity index (χ2v) is 10.4. The number of fused-ring (bicyclic) bond motifs is 2. The average molecular weight is 620 g/mol. The molecule has 0 aromatic heterocycles. The summed E-state index contributed by atoms with van der Waals surface area (Å²) >= 11 is 0. The van der Waals surface area contributed by atoms with Gasteiger partial charge in [0.05, 0.1) is 54.6 Å². The molecule has 5 rings (SSSR count). The summed E-state index contributed by atoms with van der Waals surface area (Å²) in [6, 6.07) is 15.8. The van der Waals surface area contributed by atoms with E-state index >= 15 is 4.39 Å². The van der Waals surface area contributed by atoms with E-state index in [0.29, 0.717) is 11.6 Å². The molecule has 0 N–H and O–H groups in total. The van der Waals surface area contributed by atoms with Crippen molar-refractivity contribution in [2.75, 3.05) is 0 Å². The van der Waals surface area contributed by atoms with Crippen LogP contribution >= 0.6 is 0 Å². The highest BCUT2D eigenvalue weighted by molar-refractivity contribution is 6.29. The number of hydrogen-bond donors (Lipinski definition) is 0. The fourth-order valence-electron chi connectivity index (χ4n) is 5.99. The fourth-order valence-corrected chi connectivity index (χ4v) is 5.99. The van der Waals surface area contributed by atoms with Crippen molar-refractivity contribution in [3.05, 3.63) is 150 Å². The van der Waals surface area contributed by atoms with Gasteiger partial charge in [0.1, 0.15) is 11.9 Å². The van der Waals surface area contributed by atoms with Crippen molar-refractivity contribution >= 4 is 33.6 Å². The van der Waals surface area contributed by atoms with Crippen LogP contribution in [0.15, 0.2) is 53.9 Å². The first-order valence-electron chi connectivity index (χ1n) is 13.3. The number of allylic oxidation sites excluding steroid dienone is 7. The quantitative estimate of drug-likeness (QED) is 0.162. The predicted molar refractivity (Wildman–Crippen MR) is 163 cm³/mol. The molecule has 3 aromatic rings. The van der Waals surface area contributed by atoms with Crippen LogP contribution in [0, 0.1) is 84.7 Å². The van der Waals surface area contributed by atoms with Gasteiger partial charge in [0.25, 0.3) is 11.4 Å². The SMILES string of the molecule is [C-]#[N+]C1=C(c2cc(C)cc(C)c2)/C(=C(/C#N)[N+]#[C-])c2cc3c(c(F)c21)C(C#N)=C(c1ccc(C#N)c(C(F)(F)F)c1)/C3=C(\C#N)[N+]#[C-]. The Morgan fingerprint density at radius 2 is 1.30 bits per heavy atom. The third-order valence-electron chi connectivity index (χ3n) is 7.66. The molecule has 0 amide bonds. The molecule has 7 nitrogen and oxygen atoms in total. The Hall–Kier alpha value is -7.23. The zero-order valence-corrected chi connectivity index (χ0v) is 24.2. The third-order valence-corrected chi connectivity index (χ3v) is 7.66. The second kappa shape index (κ2) is 11.4. The lowest BCUT2D eigenvalue weighted by Crippen LogP contribution is -2.08. The van der Waals surface area contributed by atoms with Crippen LogP contribution in [0.1, 0.15) is 55.6 Å². The van der Waals surface area contributed by atoms with Gasteiger partial charge in [0.2, 0.25) is 5.70 Å². The Kier molecular flexibility index (Phi) is 7.54. The monoisotopic (exact) mass is 619 g/mol. The number of rotatable bonds is 2. The number of nitrogens with zero attached hydrogens (tertiary/aromatic N) is 7. The van der Waals surface area contributed by atoms with Crippen LogP contribution in [0.4, 0.5) is 17.6 Å². The molecule has 0 bridgehead atoms. The zero-order valence-electron chi connectivity index (χ0n) is 24.2. The van der Waals surface area contributed by atoms with Gasteiger partial charge in [0, 0.05) is 16.7 Å². The largest absolute Gasteiger partial charge is 0.417 e. The minimum absolute atomic E-state index is 0.0828. The maximum atomic E-state index is 17.0. The molecule has 0 aliphatic heterocycles. The van der Waals surface area contributed by atoms with Gasteiger partial charge in [-0.3, -0.25) is 0 Å². The minimum Gasteiger partial charge on any atom is -0.237 e. The maximum absolute atomic E-state index is 17.0. The molecule has 0 fully saturated rings. The summed E-state index contributed by atoms with van der Waals surface area (Å²) in [4.78, 5) is 10.1. The molecule has 47 heavy (non-hydrogen) atoms. The van der Waals surface area contributed by atoms with E-state index in [4.69, 9.17) is 19.7 Å². The summed E-state index contributed by atoms with van der Waals surface area (Å²) in [5.41, 5.74) is -4.17. The van der Waals surface area contributed by atoms with E-state index < -0.39 is 45.7 Å². The third kappa shape index (κ3) is 4.69. The van der Waals surface area contributed by atoms with Crippen LogP contribution in [0.3, 0.4) is 0 Å². The van der Waals surface area contributed by atoms with Crippen molar-refractivity contribution in [3.63, 3.8) is 0 Å². The van der Waals surface area contributed by atoms with Crippen LogP contribution in [0.2, 0.25) is 0 Å². The topological polar surface area (TPSA) is 108 Å². The molecule has 2 aliphatic rings. The molecule has 0 radical (unpaired) electrons. The lowest BCUT2D eigenvalue weighted by Gasteiger charge is -2.15. The first-order valence-corrected chi connectivity index (χ1v) is 13.3. The fraction of sp³-hybridized carbons (Fsp3) is 0.0833. The maximum Gasteiger partial charge on any atom is 0.417 e. The van der Waals surface area contributed by atoms with Crippen molar-refractivity contribution in [1.29, 1.82) is 21.0 Å². The van der Waals surface area contributed by atoms with E-state index in [2.05, 4.69) is 14.5 Å². The summed E-state index contributed by atoms with van der Waals surface area (Å²) in [5.74, 6) is -1.15. The molecule has 11 heteroatoms. The molecule has 0 saturated carbocycles. The van der Waals surface area contributed by atoms with Gasteiger partial charge < -0.3 is 0 Å². The molecule has 3 aromatic carbocycles. The van der Waals surface area contributed by atoms with Gasteiger partial charge in [-0.2, -0.15) is 23.7 Å². The molecule has 2 aliphatic carbocycles. The number of benzene rings is 3. The summed E-state index contributed by atoms with van der Waals surface area (Å²) in [5, 5.41) is 39.5. The van der Waals surface area contributed by atoms with Gasteiger partial charge in [-0.15, -0.1) is 0 Å². The van der Waals surface area contributed by atoms with Crippen molar-refractivity contribution in [3.8, 4) is 24.3 Å². The van der Waals surface area contributed by atoms with Gasteiger partial charge in [-0.05, 0) is 71.0 Å². The van der Waals surface area contributed by atoms with Crippen molar-refractivity contribution in [2.24, 2.45) is 0 Å². The van der Waals surface area contributed by atoms with E-state index in [1.807, 2.05) is 12.1 Å². The van der Waals surface area contributed by atoms with Crippen LogP contribution in [0.5, 0.6) is 0 Å². The standard InChI is InChI=1S/C36H13F4N7/c1-17-8-18(2)10-21(9-17)29-32(27(16-44)46-4)23-12-22-30(34(37)33(23)35(29)47-5)24(14-42)28(31(22)26(15-43)45-3)19-6-7-20(13-41)25(11-19)36(38,39)40/h6-12H,1-2H3/b31-26+,32-27-. The highest BCUT2D eigenvalue weighted by Crippen LogP contribution is 2.56. The lowest BCUT2D eigenvalue weighted by atomic mass is 9.89. The Balaban J connectivity index is 1.99. The molecule has 0 saturated heterocycles. The number of halogens is 4. The smallest absolute Gasteiger partial charge is 0.237 e. The number of aryl methyl sites for hydroxylation is 2. The van der Waals surface area contributed by atoms with E-state index in [1.165, 1.54) is 12.1 Å². The lowest BCUT2D eigenvalue weighted by molar-refractivity contribution is -0.137. The first-order chi connectivity index (χ1) is 22.4. The molecule has 0 unspecified atom stereocenters. The van der Waals surface area contributed by atoms with Crippen LogP contribution in [-0.2, 0) is 6.18 Å². The molecule has 0 spiro atoms. The molecule has 0 heterocycles. The highest BCUT2D eigenvalue weighted by Gasteiger charge is 2.41. The van der Waals surface area contributed by atoms with E-state index in [9.17, 15) is 34.2 Å². The van der Waals surface area contributed by atoms with Crippen LogP contribution in [-0.4, -0.2) is 0 Å². The first kappa shape index (κ1) is 31.2. The van der Waals surface area contributed by atoms with E-state index in [0.717, 1.165) is 23.3 Å². The Morgan fingerprint density at radius 1 is 0.723 bits per heavy atom. The van der Waals surface area contributed by atoms with Gasteiger partial charge in [0.15, 0.2) is 0 Å². The van der Waals surface area contributed by atoms with E-state index in [-0.39, 0.29) is 50.2 Å². The normalized spacial score (nSPS) is 15.2. The summed E-state index contributed by atoms with van der Waals surface area (Å²) in [6.45, 7) is 27.0. The van der Waals surface area contributed by atoms with Crippen LogP contribution in [0.25, 0.3) is 48.1 Å². The van der Waals surface area contributed by atoms with Gasteiger partial charge in [-0.25, -0.2) is 29.4 Å². The Morgan fingerprint density at radius 3 is 1.79 bits per heavy atom. The number of alkyl halides is 3. The van der Waals surface area contributed by atoms with E-state index in [1.54, 1.807) is 38.1 Å². The molecule has 220 valence electrons. The van der Waals surface area contributed by atoms with Crippen molar-refractivity contribution in [1.82, 2.24) is 0 Å². The average Bonchev–Trinajstić information content (AvgIpc) is 3.54. The van der Waals surface area contributed by atoms with Crippen molar-refractivity contribution in [2.45, 2.75) is 20.0 Å². The number of nitriles is 4. The summed E-state index contributed by atoms with van der Waals surface area (Å²) < 4.78 is 58.9. The molecular weight excluding hydrogens is 606 g/mol. The Bertz CT molecular complexity index is 2390. The van der Waals surface area contributed by atoms with Crippen molar-refractivity contribution < 1.29 is 17.6 Å². The van der Waals surface area contributed by atoms with Gasteiger partial charge >= 0.3 is 6.18 Å². The second-order valence-electron chi connectivity index (χ2n) is 10.4. The minimum atomic E-state index is -5.00. The van der Waals surface area contributed by atoms with Crippen LogP contribution < -0.4 is 0 Å². The summed E-state index contributed by atoms with van der Waals surface area (Å²) in [7, 11) is 0. The highest BCUT2D eigenvalue weighted by atomic mass is 19.4. The predicted octanol–water partition coefficient (Wildman–Crippen LogP) is 8.89. The summed E-state index contributed by atoms with van der Waals surface area (Å²) in [6.07, 6.45) is -5.00. The van der Waals surface area contributed by atoms with Gasteiger partial charge in [-0.1, -0.05) is 35.4 Å². The molecule has 0 atom stereocenters. The zero-order chi connectivity index (χ0) is 34.4.